The maximum absolute atomic E-state index is 12.9. The Bertz CT molecular complexity index is 1210. The van der Waals surface area contributed by atoms with Crippen LogP contribution in [0.3, 0.4) is 0 Å². The van der Waals surface area contributed by atoms with E-state index in [0.29, 0.717) is 31.7 Å². The zero-order chi connectivity index (χ0) is 22.0. The number of benzene rings is 2. The van der Waals surface area contributed by atoms with E-state index in [2.05, 4.69) is 4.98 Å². The summed E-state index contributed by atoms with van der Waals surface area (Å²) in [4.78, 5) is 17.7. The molecule has 1 amide bonds. The lowest BCUT2D eigenvalue weighted by atomic mass is 10.1. The molecule has 0 radical (unpaired) electrons. The van der Waals surface area contributed by atoms with Crippen LogP contribution in [0.25, 0.3) is 10.9 Å². The van der Waals surface area contributed by atoms with E-state index < -0.39 is 10.0 Å². The Kier molecular flexibility index (Phi) is 5.79. The number of aromatic amines is 1. The van der Waals surface area contributed by atoms with Gasteiger partial charge in [-0.15, -0.1) is 0 Å². The van der Waals surface area contributed by atoms with Crippen molar-refractivity contribution in [3.05, 3.63) is 71.4 Å². The molecule has 1 saturated heterocycles. The number of nitrogen functional groups attached to an aromatic ring is 1. The third-order valence-corrected chi connectivity index (χ3v) is 7.45. The van der Waals surface area contributed by atoms with Crippen molar-refractivity contribution >= 4 is 32.7 Å². The fraction of sp³-hybridized carbons (Fsp3) is 0.273. The molecule has 8 nitrogen and oxygen atoms in total. The fourth-order valence-electron chi connectivity index (χ4n) is 3.86. The largest absolute Gasteiger partial charge is 0.384 e. The van der Waals surface area contributed by atoms with Crippen molar-refractivity contribution in [2.75, 3.05) is 26.2 Å². The summed E-state index contributed by atoms with van der Waals surface area (Å²) in [5.74, 6) is -0.0993. The number of aromatic nitrogens is 1. The van der Waals surface area contributed by atoms with Crippen molar-refractivity contribution in [3.8, 4) is 0 Å². The van der Waals surface area contributed by atoms with Gasteiger partial charge in [0.05, 0.1) is 12.2 Å². The van der Waals surface area contributed by atoms with Crippen molar-refractivity contribution in [3.63, 3.8) is 0 Å². The minimum absolute atomic E-state index is 0.0202. The van der Waals surface area contributed by atoms with Gasteiger partial charge in [0, 0.05) is 48.8 Å². The van der Waals surface area contributed by atoms with Gasteiger partial charge < -0.3 is 15.6 Å². The number of hydrogen-bond acceptors (Lipinski definition) is 4. The predicted molar refractivity (Wildman–Crippen MR) is 120 cm³/mol. The van der Waals surface area contributed by atoms with E-state index in [1.807, 2.05) is 30.3 Å². The molecular weight excluding hydrogens is 414 g/mol. The van der Waals surface area contributed by atoms with Crippen LogP contribution >= 0.6 is 0 Å². The number of amidine groups is 1. The number of nitrogens with two attached hydrogens (primary N) is 1. The molecule has 0 bridgehead atoms. The molecule has 1 aliphatic rings. The maximum atomic E-state index is 12.9. The van der Waals surface area contributed by atoms with Crippen LogP contribution < -0.4 is 5.73 Å². The van der Waals surface area contributed by atoms with Crippen LogP contribution in [-0.4, -0.2) is 60.5 Å². The molecule has 162 valence electrons. The zero-order valence-corrected chi connectivity index (χ0v) is 17.9. The van der Waals surface area contributed by atoms with Crippen LogP contribution in [0.5, 0.6) is 0 Å². The number of carbonyl (C=O) groups excluding carboxylic acids is 1. The fourth-order valence-corrected chi connectivity index (χ4v) is 5.37. The van der Waals surface area contributed by atoms with Crippen LogP contribution in [-0.2, 0) is 27.0 Å². The molecule has 0 spiro atoms. The Labute approximate surface area is 181 Å². The average molecular weight is 440 g/mol. The predicted octanol–water partition coefficient (Wildman–Crippen LogP) is 1.67. The lowest BCUT2D eigenvalue weighted by Gasteiger charge is -2.34. The highest BCUT2D eigenvalue weighted by Crippen LogP contribution is 2.21. The van der Waals surface area contributed by atoms with Crippen molar-refractivity contribution in [1.82, 2.24) is 14.2 Å². The van der Waals surface area contributed by atoms with Gasteiger partial charge >= 0.3 is 0 Å². The van der Waals surface area contributed by atoms with Crippen LogP contribution in [0.4, 0.5) is 0 Å². The van der Waals surface area contributed by atoms with E-state index in [0.717, 1.165) is 22.0 Å². The van der Waals surface area contributed by atoms with Gasteiger partial charge in [0.25, 0.3) is 0 Å². The first-order chi connectivity index (χ1) is 14.8. The second-order valence-electron chi connectivity index (χ2n) is 7.69. The van der Waals surface area contributed by atoms with E-state index in [4.69, 9.17) is 11.1 Å². The van der Waals surface area contributed by atoms with E-state index >= 15 is 0 Å². The van der Waals surface area contributed by atoms with Gasteiger partial charge in [-0.1, -0.05) is 30.3 Å². The first-order valence-electron chi connectivity index (χ1n) is 10.1. The molecule has 0 atom stereocenters. The van der Waals surface area contributed by atoms with Crippen molar-refractivity contribution in [2.24, 2.45) is 5.73 Å². The molecule has 31 heavy (non-hydrogen) atoms. The molecule has 1 aliphatic heterocycles. The molecule has 2 heterocycles. The molecule has 0 saturated carbocycles. The topological polar surface area (TPSA) is 123 Å². The molecule has 1 aromatic heterocycles. The number of hydrogen-bond donors (Lipinski definition) is 3. The number of amides is 1. The van der Waals surface area contributed by atoms with Crippen molar-refractivity contribution in [2.45, 2.75) is 12.2 Å². The van der Waals surface area contributed by atoms with E-state index in [1.165, 1.54) is 4.31 Å². The standard InChI is InChI=1S/C22H25N5O3S/c23-22(24)17-6-7-20-19(12-17)18(14-25-20)13-21(28)26-8-10-27(11-9-26)31(29,30)15-16-4-2-1-3-5-16/h1-7,12,14,25H,8-11,13,15H2,(H3,23,24). The first kappa shape index (κ1) is 21.1. The van der Waals surface area contributed by atoms with Gasteiger partial charge in [-0.05, 0) is 29.3 Å². The Balaban J connectivity index is 1.39. The van der Waals surface area contributed by atoms with Gasteiger partial charge in [-0.25, -0.2) is 8.42 Å². The zero-order valence-electron chi connectivity index (χ0n) is 17.0. The lowest BCUT2D eigenvalue weighted by Crippen LogP contribution is -2.51. The van der Waals surface area contributed by atoms with Gasteiger partial charge in [-0.3, -0.25) is 10.2 Å². The smallest absolute Gasteiger partial charge is 0.227 e. The number of sulfonamides is 1. The van der Waals surface area contributed by atoms with E-state index in [-0.39, 0.29) is 23.9 Å². The lowest BCUT2D eigenvalue weighted by molar-refractivity contribution is -0.131. The normalized spacial score (nSPS) is 15.3. The molecule has 4 rings (SSSR count). The quantitative estimate of drug-likeness (QED) is 0.399. The van der Waals surface area contributed by atoms with E-state index in [1.54, 1.807) is 29.3 Å². The van der Waals surface area contributed by atoms with Crippen LogP contribution in [0.15, 0.2) is 54.7 Å². The number of nitrogens with zero attached hydrogens (tertiary/aromatic N) is 2. The molecule has 0 unspecified atom stereocenters. The van der Waals surface area contributed by atoms with E-state index in [9.17, 15) is 13.2 Å². The summed E-state index contributed by atoms with van der Waals surface area (Å²) in [5, 5.41) is 8.48. The SMILES string of the molecule is N=C(N)c1ccc2[nH]cc(CC(=O)N3CCN(S(=O)(=O)Cc4ccccc4)CC3)c2c1. The monoisotopic (exact) mass is 439 g/mol. The molecule has 4 N–H and O–H groups in total. The number of piperazine rings is 1. The van der Waals surface area contributed by atoms with Gasteiger partial charge in [0.2, 0.25) is 15.9 Å². The van der Waals surface area contributed by atoms with Crippen LogP contribution in [0.1, 0.15) is 16.7 Å². The number of nitrogens with one attached hydrogen (secondary N) is 2. The Morgan fingerprint density at radius 2 is 1.77 bits per heavy atom. The summed E-state index contributed by atoms with van der Waals surface area (Å²) in [6.07, 6.45) is 2.01. The Morgan fingerprint density at radius 3 is 2.45 bits per heavy atom. The van der Waals surface area contributed by atoms with Crippen LogP contribution in [0, 0.1) is 5.41 Å². The van der Waals surface area contributed by atoms with Crippen molar-refractivity contribution < 1.29 is 13.2 Å². The molecule has 9 heteroatoms. The Morgan fingerprint density at radius 1 is 1.06 bits per heavy atom. The minimum atomic E-state index is -3.42. The molecule has 0 aliphatic carbocycles. The summed E-state index contributed by atoms with van der Waals surface area (Å²) < 4.78 is 26.9. The number of fused-ring (bicyclic) bond motifs is 1. The molecular formula is C22H25N5O3S. The molecule has 1 fully saturated rings. The third-order valence-electron chi connectivity index (χ3n) is 5.60. The van der Waals surface area contributed by atoms with Gasteiger partial charge in [0.1, 0.15) is 5.84 Å². The maximum Gasteiger partial charge on any atom is 0.227 e. The summed E-state index contributed by atoms with van der Waals surface area (Å²) in [6.45, 7) is 1.33. The highest BCUT2D eigenvalue weighted by Gasteiger charge is 2.29. The second kappa shape index (κ2) is 8.52. The van der Waals surface area contributed by atoms with Crippen LogP contribution in [0.2, 0.25) is 0 Å². The number of rotatable bonds is 6. The summed E-state index contributed by atoms with van der Waals surface area (Å²) >= 11 is 0. The summed E-state index contributed by atoms with van der Waals surface area (Å²) in [6, 6.07) is 14.5. The van der Waals surface area contributed by atoms with Crippen molar-refractivity contribution in [1.29, 1.82) is 5.41 Å². The van der Waals surface area contributed by atoms with Gasteiger partial charge in [0.15, 0.2) is 0 Å². The molecule has 3 aromatic rings. The third kappa shape index (κ3) is 4.62. The number of H-pyrrole nitrogens is 1. The minimum Gasteiger partial charge on any atom is -0.384 e. The Hall–Kier alpha value is -3.17. The first-order valence-corrected chi connectivity index (χ1v) is 11.7. The summed E-state index contributed by atoms with van der Waals surface area (Å²) in [7, 11) is -3.42. The number of carbonyl (C=O) groups is 1. The average Bonchev–Trinajstić information content (AvgIpc) is 3.16. The second-order valence-corrected chi connectivity index (χ2v) is 9.66. The van der Waals surface area contributed by atoms with Gasteiger partial charge in [-0.2, -0.15) is 4.31 Å². The highest BCUT2D eigenvalue weighted by atomic mass is 32.2. The summed E-state index contributed by atoms with van der Waals surface area (Å²) in [5.41, 5.74) is 8.66. The highest BCUT2D eigenvalue weighted by molar-refractivity contribution is 7.88. The molecule has 2 aromatic carbocycles.